The molecular formula is C90H103Cl2N21O11. The van der Waals surface area contributed by atoms with Crippen molar-refractivity contribution in [3.8, 4) is 23.0 Å². The van der Waals surface area contributed by atoms with E-state index in [2.05, 4.69) is 30.0 Å². The number of hydrogen-bond donors (Lipinski definition) is 16. The Labute approximate surface area is 728 Å². The van der Waals surface area contributed by atoms with Gasteiger partial charge < -0.3 is 112 Å². The van der Waals surface area contributed by atoms with Crippen LogP contribution in [0, 0.1) is 16.2 Å². The molecule has 0 spiro atoms. The average molecular weight is 1730 g/mol. The van der Waals surface area contributed by atoms with Gasteiger partial charge in [-0.1, -0.05) is 23.2 Å². The Morgan fingerprint density at radius 2 is 0.726 bits per heavy atom. The molecule has 0 saturated heterocycles. The van der Waals surface area contributed by atoms with E-state index in [4.69, 9.17) is 141 Å². The summed E-state index contributed by atoms with van der Waals surface area (Å²) in [5.41, 5.74) is 80.2. The van der Waals surface area contributed by atoms with E-state index in [1.807, 2.05) is 90.6 Å². The number of nitrogens with one attached hydrogen (secondary N) is 3. The van der Waals surface area contributed by atoms with Crippen LogP contribution in [-0.4, -0.2) is 145 Å². The van der Waals surface area contributed by atoms with E-state index < -0.39 is 0 Å². The van der Waals surface area contributed by atoms with Gasteiger partial charge in [-0.3, -0.25) is 25.2 Å². The summed E-state index contributed by atoms with van der Waals surface area (Å²) >= 11 is 11.8. The number of ketones is 3. The Bertz CT molecular complexity index is 5600. The molecule has 6 aliphatic rings. The zero-order chi connectivity index (χ0) is 90.9. The van der Waals surface area contributed by atoms with Gasteiger partial charge in [0.15, 0.2) is 17.3 Å². The Hall–Kier alpha value is -14.9. The standard InChI is InChI=1S/C18H24N4O3.C16H20N4O.2C14H14ClN3O2.C14H16N4O.C14H15N3O2/c1-2-25-18-12-17(15(19)11-16(18)20)21-13-3-5-14(6-4-13)22(7-9-23)8-10-24;1-4-21-16-8-15(12(18)7-13(16)19)20-14-6-5-11(17)9(2)10(14)3;1-2-20-14-7-12(10(16)6-11(14)17)18-8-3-4-13(19)9(15)5-8;1-2-20-14-7-13(10(16)6-11(14)17)18-12-4-3-8(19)5-9(12)15;1-2-19-14-8-13(11(16)7-12(14)17)18-10-5-3-9(15)4-6-10;1-2-19-14-8-13(11(15)7-12(14)16)17-9-3-5-10(18)6-4-9/h3-6,11-12,19,23-24H,2,7-10,20H2,1H3;5-8,17H,4,18-19H2,1-3H3;2*3-7H,2,16-17H2,1H3;3-8,16H,2,15,17H2,1H3;3-8H,2,15-16H2,1H3. The Kier molecular flexibility index (Phi) is 36.7. The lowest BCUT2D eigenvalue weighted by Gasteiger charge is -2.22. The number of carbonyl (C=O) groups excluding carboxylic acids is 3. The summed E-state index contributed by atoms with van der Waals surface area (Å²) < 4.78 is 32.5. The number of nitrogens with zero attached hydrogens (tertiary/aromatic N) is 7. The van der Waals surface area contributed by atoms with E-state index in [-0.39, 0.29) is 52.1 Å². The van der Waals surface area contributed by atoms with Gasteiger partial charge in [-0.05, 0) is 218 Å². The average Bonchev–Trinajstić information content (AvgIpc) is 0.807. The highest BCUT2D eigenvalue weighted by Crippen LogP contribution is 2.39. The van der Waals surface area contributed by atoms with E-state index in [0.29, 0.717) is 213 Å². The first-order valence-electron chi connectivity index (χ1n) is 38.8. The Morgan fingerprint density at radius 1 is 0.355 bits per heavy atom. The number of anilines is 10. The zero-order valence-corrected chi connectivity index (χ0v) is 71.4. The minimum absolute atomic E-state index is 0.0139. The summed E-state index contributed by atoms with van der Waals surface area (Å²) in [4.78, 5) is 61.8. The van der Waals surface area contributed by atoms with Crippen molar-refractivity contribution < 1.29 is 53.0 Å². The van der Waals surface area contributed by atoms with E-state index in [9.17, 15) is 14.4 Å². The van der Waals surface area contributed by atoms with Crippen molar-refractivity contribution in [2.45, 2.75) is 55.4 Å². The van der Waals surface area contributed by atoms with Gasteiger partial charge in [0.25, 0.3) is 0 Å². The summed E-state index contributed by atoms with van der Waals surface area (Å²) in [7, 11) is 0. The fourth-order valence-electron chi connectivity index (χ4n) is 11.1. The lowest BCUT2D eigenvalue weighted by Crippen LogP contribution is -2.29. The van der Waals surface area contributed by atoms with Crippen LogP contribution in [0.5, 0.6) is 23.0 Å². The van der Waals surface area contributed by atoms with E-state index in [1.54, 1.807) is 121 Å². The summed E-state index contributed by atoms with van der Waals surface area (Å²) in [6.45, 7) is 19.0. The number of nitrogen functional groups attached to an aromatic ring is 9. The Balaban J connectivity index is 0.000000205. The van der Waals surface area contributed by atoms with Crippen molar-refractivity contribution in [3.05, 3.63) is 238 Å². The topological polar surface area (TPSA) is 582 Å². The molecule has 124 heavy (non-hydrogen) atoms. The molecule has 0 unspecified atom stereocenters. The van der Waals surface area contributed by atoms with Crippen LogP contribution in [0.4, 0.5) is 91.0 Å². The van der Waals surface area contributed by atoms with Crippen LogP contribution in [0.15, 0.2) is 268 Å². The maximum atomic E-state index is 11.2. The molecule has 32 nitrogen and oxygen atoms in total. The molecule has 0 radical (unpaired) electrons. The van der Waals surface area contributed by atoms with Gasteiger partial charge in [0.2, 0.25) is 0 Å². The number of benzene rings is 6. The van der Waals surface area contributed by atoms with Gasteiger partial charge in [0, 0.05) is 67.0 Å². The van der Waals surface area contributed by atoms with Crippen molar-refractivity contribution in [1.82, 2.24) is 0 Å². The van der Waals surface area contributed by atoms with Crippen LogP contribution >= 0.6 is 23.2 Å². The number of carbonyl (C=O) groups is 3. The second-order valence-corrected chi connectivity index (χ2v) is 27.3. The van der Waals surface area contributed by atoms with Crippen LogP contribution in [-0.2, 0) is 23.9 Å². The third-order valence-electron chi connectivity index (χ3n) is 17.4. The molecule has 34 heteroatoms. The van der Waals surface area contributed by atoms with E-state index in [0.717, 1.165) is 28.2 Å². The largest absolute Gasteiger partial charge is 0.492 e. The van der Waals surface area contributed by atoms with Crippen molar-refractivity contribution in [1.29, 1.82) is 16.2 Å². The van der Waals surface area contributed by atoms with E-state index >= 15 is 0 Å². The third kappa shape index (κ3) is 28.4. The van der Waals surface area contributed by atoms with Gasteiger partial charge in [0.05, 0.1) is 205 Å². The first kappa shape index (κ1) is 96.3. The fourth-order valence-corrected chi connectivity index (χ4v) is 11.5. The molecule has 6 aromatic rings. The highest BCUT2D eigenvalue weighted by atomic mass is 35.5. The predicted octanol–water partition coefficient (Wildman–Crippen LogP) is 13.9. The van der Waals surface area contributed by atoms with Gasteiger partial charge in [-0.25, -0.2) is 30.0 Å². The van der Waals surface area contributed by atoms with Crippen LogP contribution < -0.4 is 86.9 Å². The van der Waals surface area contributed by atoms with Gasteiger partial charge in [0.1, 0.15) is 34.5 Å². The number of aliphatic hydroxyl groups is 2. The molecule has 6 aliphatic carbocycles. The van der Waals surface area contributed by atoms with Crippen molar-refractivity contribution in [2.24, 2.45) is 41.4 Å². The lowest BCUT2D eigenvalue weighted by atomic mass is 9.96. The summed E-state index contributed by atoms with van der Waals surface area (Å²) in [5, 5.41) is 42.3. The number of hydrogen-bond acceptors (Lipinski definition) is 32. The predicted molar refractivity (Wildman–Crippen MR) is 506 cm³/mol. The molecule has 0 bridgehead atoms. The number of nitrogens with two attached hydrogens (primary N) is 11. The molecule has 27 N–H and O–H groups in total. The molecule has 0 amide bonds. The number of rotatable bonds is 23. The minimum Gasteiger partial charge on any atom is -0.492 e. The lowest BCUT2D eigenvalue weighted by molar-refractivity contribution is -0.111. The van der Waals surface area contributed by atoms with Gasteiger partial charge in [-0.2, -0.15) is 0 Å². The molecule has 0 saturated carbocycles. The molecule has 0 atom stereocenters. The molecule has 0 aliphatic heterocycles. The van der Waals surface area contributed by atoms with Crippen molar-refractivity contribution in [2.75, 3.05) is 122 Å². The second kappa shape index (κ2) is 47.2. The maximum Gasteiger partial charge on any atom is 0.197 e. The first-order valence-corrected chi connectivity index (χ1v) is 39.6. The number of aliphatic hydroxyl groups excluding tert-OH is 2. The summed E-state index contributed by atoms with van der Waals surface area (Å²) in [6, 6.07) is 27.7. The van der Waals surface area contributed by atoms with Crippen LogP contribution in [0.25, 0.3) is 0 Å². The summed E-state index contributed by atoms with van der Waals surface area (Å²) in [6.07, 6.45) is 24.8. The first-order chi connectivity index (χ1) is 59.2. The normalized spacial score (nSPS) is 16.0. The number of allylic oxidation sites excluding steroid dienone is 20. The zero-order valence-electron chi connectivity index (χ0n) is 69.9. The van der Waals surface area contributed by atoms with Crippen molar-refractivity contribution >= 4 is 183 Å². The number of halogens is 2. The maximum absolute atomic E-state index is 11.2. The third-order valence-corrected chi connectivity index (χ3v) is 18.0. The SMILES string of the molecule is CCOC1=CC(=Nc2ccc(N(CCO)CCO)cc2)C(=N)C=C1N.CCOC1=CC(=Nc2ccc(N)cc2)C(=N)C=C1N.CCOc1cc(N=C2C=CC(=N)C(C)=C2C)c(N)cc1N.CCOc1cc(N=C2C=CC(=O)C(Cl)=C2)c(N)cc1N.CCOc1cc(N=C2C=CC(=O)C=C2)c(N)cc1N.CCOc1cc(N=C2C=CC(=O)C=C2Cl)c(N)cc1N. The molecular weight excluding hydrogens is 1620 g/mol. The summed E-state index contributed by atoms with van der Waals surface area (Å²) in [5.74, 6) is 2.76. The molecule has 0 aromatic heterocycles. The molecule has 648 valence electrons. The monoisotopic (exact) mass is 1720 g/mol. The van der Waals surface area contributed by atoms with Gasteiger partial charge in [-0.15, -0.1) is 0 Å². The molecule has 12 rings (SSSR count). The van der Waals surface area contributed by atoms with Crippen LogP contribution in [0.1, 0.15) is 55.4 Å². The van der Waals surface area contributed by atoms with Crippen molar-refractivity contribution in [3.63, 3.8) is 0 Å². The molecule has 6 aromatic carbocycles. The number of aliphatic imine (C=N–C) groups is 6. The second-order valence-electron chi connectivity index (χ2n) is 26.5. The molecule has 0 heterocycles. The number of ether oxygens (including phenoxy) is 6. The van der Waals surface area contributed by atoms with E-state index in [1.165, 1.54) is 42.5 Å². The van der Waals surface area contributed by atoms with Crippen LogP contribution in [0.2, 0.25) is 0 Å². The van der Waals surface area contributed by atoms with Crippen LogP contribution in [0.3, 0.4) is 0 Å². The highest BCUT2D eigenvalue weighted by molar-refractivity contribution is 6.51. The fraction of sp³-hybridized carbons (Fsp3) is 0.200. The van der Waals surface area contributed by atoms with Gasteiger partial charge >= 0.3 is 0 Å². The smallest absolute Gasteiger partial charge is 0.197 e. The molecule has 0 fully saturated rings. The highest BCUT2D eigenvalue weighted by Gasteiger charge is 2.21. The Morgan fingerprint density at radius 3 is 1.12 bits per heavy atom. The minimum atomic E-state index is -0.245. The quantitative estimate of drug-likeness (QED) is 0.0161.